The quantitative estimate of drug-likeness (QED) is 0.515. The molecule has 0 aromatic carbocycles. The van der Waals surface area contributed by atoms with Crippen molar-refractivity contribution in [2.75, 3.05) is 6.54 Å². The Morgan fingerprint density at radius 1 is 1.60 bits per heavy atom. The molecule has 3 heteroatoms. The normalized spacial score (nSPS) is 28.6. The van der Waals surface area contributed by atoms with Crippen molar-refractivity contribution in [2.45, 2.75) is 6.04 Å². The van der Waals surface area contributed by atoms with Gasteiger partial charge in [-0.25, -0.2) is 4.79 Å². The number of amides is 2. The molecule has 0 saturated carbocycles. The van der Waals surface area contributed by atoms with E-state index in [1.807, 2.05) is 18.2 Å². The second-order valence-corrected chi connectivity index (χ2v) is 2.39. The lowest BCUT2D eigenvalue weighted by Crippen LogP contribution is -2.28. The number of hydrogen-bond acceptors (Lipinski definition) is 1. The summed E-state index contributed by atoms with van der Waals surface area (Å²) in [5, 5.41) is 2.75. The van der Waals surface area contributed by atoms with Crippen LogP contribution in [0.15, 0.2) is 24.4 Å². The van der Waals surface area contributed by atoms with Gasteiger partial charge in [-0.05, 0) is 6.08 Å². The molecule has 1 atom stereocenters. The van der Waals surface area contributed by atoms with Crippen LogP contribution in [0, 0.1) is 0 Å². The Hall–Kier alpha value is -1.25. The molecule has 2 heterocycles. The Bertz CT molecular complexity index is 220. The van der Waals surface area contributed by atoms with E-state index in [0.717, 1.165) is 6.54 Å². The highest BCUT2D eigenvalue weighted by Crippen LogP contribution is 2.12. The van der Waals surface area contributed by atoms with Crippen LogP contribution in [0.3, 0.4) is 0 Å². The second kappa shape index (κ2) is 1.87. The number of urea groups is 1. The summed E-state index contributed by atoms with van der Waals surface area (Å²) in [6.45, 7) is 0.736. The Labute approximate surface area is 59.0 Å². The number of nitrogens with zero attached hydrogens (tertiary/aromatic N) is 1. The molecule has 2 aliphatic heterocycles. The van der Waals surface area contributed by atoms with Gasteiger partial charge in [0.2, 0.25) is 0 Å². The number of nitrogens with one attached hydrogen (secondary N) is 1. The third-order valence-electron chi connectivity index (χ3n) is 1.75. The van der Waals surface area contributed by atoms with Crippen LogP contribution < -0.4 is 5.32 Å². The first-order chi connectivity index (χ1) is 4.88. The molecule has 10 heavy (non-hydrogen) atoms. The summed E-state index contributed by atoms with van der Waals surface area (Å²) >= 11 is 0. The smallest absolute Gasteiger partial charge is 0.322 e. The van der Waals surface area contributed by atoms with E-state index < -0.39 is 0 Å². The molecule has 2 rings (SSSR count). The molecule has 2 aliphatic rings. The molecule has 1 saturated heterocycles. The van der Waals surface area contributed by atoms with E-state index in [1.165, 1.54) is 0 Å². The van der Waals surface area contributed by atoms with E-state index in [9.17, 15) is 4.79 Å². The summed E-state index contributed by atoms with van der Waals surface area (Å²) in [6, 6.07) is 0.253. The Kier molecular flexibility index (Phi) is 1.03. The SMILES string of the molecule is O=C1NCC2C=CC=CN12. The number of hydrogen-bond donors (Lipinski definition) is 1. The number of carbonyl (C=O) groups is 1. The Morgan fingerprint density at radius 2 is 2.50 bits per heavy atom. The van der Waals surface area contributed by atoms with Gasteiger partial charge in [0.25, 0.3) is 0 Å². The van der Waals surface area contributed by atoms with Gasteiger partial charge < -0.3 is 5.32 Å². The molecule has 0 aromatic rings. The van der Waals surface area contributed by atoms with Crippen LogP contribution >= 0.6 is 0 Å². The van der Waals surface area contributed by atoms with Crippen LogP contribution in [0.1, 0.15) is 0 Å². The fourth-order valence-electron chi connectivity index (χ4n) is 1.21. The first-order valence-corrected chi connectivity index (χ1v) is 3.29. The standard InChI is InChI=1S/C7H8N2O/c10-7-8-5-6-3-1-2-4-9(6)7/h1-4,6H,5H2,(H,8,10). The number of allylic oxidation sites excluding steroid dienone is 2. The lowest BCUT2D eigenvalue weighted by molar-refractivity contribution is 0.226. The Balaban J connectivity index is 2.27. The molecular formula is C7H8N2O. The van der Waals surface area contributed by atoms with Crippen molar-refractivity contribution in [3.8, 4) is 0 Å². The van der Waals surface area contributed by atoms with Gasteiger partial charge in [0, 0.05) is 12.7 Å². The van der Waals surface area contributed by atoms with E-state index in [1.54, 1.807) is 11.1 Å². The van der Waals surface area contributed by atoms with Gasteiger partial charge in [-0.3, -0.25) is 4.90 Å². The number of rotatable bonds is 0. The third-order valence-corrected chi connectivity index (χ3v) is 1.75. The van der Waals surface area contributed by atoms with Gasteiger partial charge in [-0.1, -0.05) is 12.2 Å². The van der Waals surface area contributed by atoms with Crippen LogP contribution in [0.2, 0.25) is 0 Å². The van der Waals surface area contributed by atoms with Gasteiger partial charge in [-0.2, -0.15) is 0 Å². The van der Waals surface area contributed by atoms with Crippen molar-refractivity contribution in [2.24, 2.45) is 0 Å². The fourth-order valence-corrected chi connectivity index (χ4v) is 1.21. The van der Waals surface area contributed by atoms with Crippen molar-refractivity contribution in [1.82, 2.24) is 10.2 Å². The summed E-state index contributed by atoms with van der Waals surface area (Å²) in [7, 11) is 0. The summed E-state index contributed by atoms with van der Waals surface area (Å²) in [6.07, 6.45) is 7.63. The fraction of sp³-hybridized carbons (Fsp3) is 0.286. The van der Waals surface area contributed by atoms with E-state index in [0.29, 0.717) is 0 Å². The van der Waals surface area contributed by atoms with Crippen LogP contribution in [-0.4, -0.2) is 23.5 Å². The zero-order valence-electron chi connectivity index (χ0n) is 5.45. The van der Waals surface area contributed by atoms with Gasteiger partial charge >= 0.3 is 6.03 Å². The third kappa shape index (κ3) is 0.635. The lowest BCUT2D eigenvalue weighted by atomic mass is 10.2. The van der Waals surface area contributed by atoms with Crippen LogP contribution in [-0.2, 0) is 0 Å². The van der Waals surface area contributed by atoms with Crippen molar-refractivity contribution in [3.05, 3.63) is 24.4 Å². The van der Waals surface area contributed by atoms with Crippen molar-refractivity contribution >= 4 is 6.03 Å². The minimum absolute atomic E-state index is 0.00519. The maximum Gasteiger partial charge on any atom is 0.322 e. The van der Waals surface area contributed by atoms with Gasteiger partial charge in [0.15, 0.2) is 0 Å². The predicted molar refractivity (Wildman–Crippen MR) is 37.3 cm³/mol. The van der Waals surface area contributed by atoms with E-state index in [-0.39, 0.29) is 12.1 Å². The van der Waals surface area contributed by atoms with Crippen LogP contribution in [0.4, 0.5) is 4.79 Å². The molecule has 3 nitrogen and oxygen atoms in total. The molecule has 0 bridgehead atoms. The second-order valence-electron chi connectivity index (χ2n) is 2.39. The van der Waals surface area contributed by atoms with Crippen LogP contribution in [0.5, 0.6) is 0 Å². The maximum atomic E-state index is 10.9. The summed E-state index contributed by atoms with van der Waals surface area (Å²) in [5.41, 5.74) is 0. The van der Waals surface area contributed by atoms with E-state index in [2.05, 4.69) is 5.32 Å². The Morgan fingerprint density at radius 3 is 3.30 bits per heavy atom. The highest BCUT2D eigenvalue weighted by atomic mass is 16.2. The molecule has 0 spiro atoms. The van der Waals surface area contributed by atoms with Gasteiger partial charge in [0.1, 0.15) is 0 Å². The number of carbonyl (C=O) groups excluding carboxylic acids is 1. The molecule has 1 N–H and O–H groups in total. The lowest BCUT2D eigenvalue weighted by Gasteiger charge is -2.17. The summed E-state index contributed by atoms with van der Waals surface area (Å²) < 4.78 is 0. The van der Waals surface area contributed by atoms with Gasteiger partial charge in [0.05, 0.1) is 6.04 Å². The maximum absolute atomic E-state index is 10.9. The van der Waals surface area contributed by atoms with Crippen LogP contribution in [0.25, 0.3) is 0 Å². The molecule has 1 unspecified atom stereocenters. The van der Waals surface area contributed by atoms with Crippen molar-refractivity contribution in [3.63, 3.8) is 0 Å². The molecular weight excluding hydrogens is 128 g/mol. The zero-order chi connectivity index (χ0) is 6.97. The van der Waals surface area contributed by atoms with Crippen molar-refractivity contribution < 1.29 is 4.79 Å². The summed E-state index contributed by atoms with van der Waals surface area (Å²) in [4.78, 5) is 12.6. The largest absolute Gasteiger partial charge is 0.335 e. The van der Waals surface area contributed by atoms with E-state index in [4.69, 9.17) is 0 Å². The van der Waals surface area contributed by atoms with E-state index >= 15 is 0 Å². The number of fused-ring (bicyclic) bond motifs is 1. The molecule has 0 aromatic heterocycles. The first-order valence-electron chi connectivity index (χ1n) is 3.29. The monoisotopic (exact) mass is 136 g/mol. The molecule has 52 valence electrons. The molecule has 0 aliphatic carbocycles. The minimum atomic E-state index is 0.00519. The highest BCUT2D eigenvalue weighted by Gasteiger charge is 2.27. The summed E-state index contributed by atoms with van der Waals surface area (Å²) in [5.74, 6) is 0. The predicted octanol–water partition coefficient (Wildman–Crippen LogP) is 0.464. The first kappa shape index (κ1) is 5.53. The zero-order valence-corrected chi connectivity index (χ0v) is 5.45. The van der Waals surface area contributed by atoms with Gasteiger partial charge in [-0.15, -0.1) is 0 Å². The highest BCUT2D eigenvalue weighted by molar-refractivity contribution is 5.78. The molecule has 2 amide bonds. The van der Waals surface area contributed by atoms with Crippen molar-refractivity contribution in [1.29, 1.82) is 0 Å². The topological polar surface area (TPSA) is 32.3 Å². The average Bonchev–Trinajstić information content (AvgIpc) is 2.34. The minimum Gasteiger partial charge on any atom is -0.335 e. The molecule has 1 fully saturated rings. The molecule has 0 radical (unpaired) electrons. The average molecular weight is 136 g/mol.